The van der Waals surface area contributed by atoms with E-state index in [0.29, 0.717) is 26.4 Å². The van der Waals surface area contributed by atoms with Crippen molar-refractivity contribution < 1.29 is 14.6 Å². The van der Waals surface area contributed by atoms with E-state index in [1.165, 1.54) is 19.4 Å². The molecule has 2 aromatic rings. The van der Waals surface area contributed by atoms with E-state index in [-0.39, 0.29) is 11.7 Å². The van der Waals surface area contributed by atoms with Gasteiger partial charge in [-0.3, -0.25) is 4.79 Å². The van der Waals surface area contributed by atoms with Crippen molar-refractivity contribution in [2.45, 2.75) is 6.92 Å². The Bertz CT molecular complexity index is 778. The number of ether oxygens (including phenoxy) is 1. The minimum Gasteiger partial charge on any atom is -0.504 e. The molecule has 120 valence electrons. The highest BCUT2D eigenvalue weighted by atomic mass is 79.9. The average molecular weight is 398 g/mol. The summed E-state index contributed by atoms with van der Waals surface area (Å²) in [7, 11) is 1.45. The van der Waals surface area contributed by atoms with Crippen LogP contribution in [0.4, 0.5) is 0 Å². The second-order valence-corrected chi connectivity index (χ2v) is 5.97. The Hall–Kier alpha value is -2.05. The van der Waals surface area contributed by atoms with Crippen LogP contribution in [-0.2, 0) is 0 Å². The van der Waals surface area contributed by atoms with Crippen molar-refractivity contribution in [3.63, 3.8) is 0 Å². The maximum atomic E-state index is 12.0. The fourth-order valence-corrected chi connectivity index (χ4v) is 2.39. The topological polar surface area (TPSA) is 70.9 Å². The van der Waals surface area contributed by atoms with Gasteiger partial charge in [-0.1, -0.05) is 17.7 Å². The number of aromatic hydroxyl groups is 1. The lowest BCUT2D eigenvalue weighted by Gasteiger charge is -2.06. The summed E-state index contributed by atoms with van der Waals surface area (Å²) in [5.74, 6) is -0.0498. The number of nitrogens with zero attached hydrogens (tertiary/aromatic N) is 1. The van der Waals surface area contributed by atoms with Crippen LogP contribution in [-0.4, -0.2) is 24.3 Å². The molecule has 0 aliphatic heterocycles. The molecule has 0 aliphatic rings. The molecule has 0 saturated heterocycles. The van der Waals surface area contributed by atoms with Crippen LogP contribution < -0.4 is 10.2 Å². The van der Waals surface area contributed by atoms with Gasteiger partial charge in [0.25, 0.3) is 5.91 Å². The van der Waals surface area contributed by atoms with Gasteiger partial charge >= 0.3 is 0 Å². The standard InChI is InChI=1S/C16H14BrClN2O3/c1-9-3-4-10(5-13(9)18)16(22)20-19-8-11-6-15(23-2)14(21)7-12(11)17/h3-8,21H,1-2H3,(H,20,22)/b19-8-. The van der Waals surface area contributed by atoms with Gasteiger partial charge in [0.1, 0.15) is 0 Å². The van der Waals surface area contributed by atoms with Crippen LogP contribution in [0.1, 0.15) is 21.5 Å². The summed E-state index contributed by atoms with van der Waals surface area (Å²) in [6, 6.07) is 8.11. The zero-order valence-corrected chi connectivity index (χ0v) is 14.8. The number of nitrogens with one attached hydrogen (secondary N) is 1. The van der Waals surface area contributed by atoms with Crippen LogP contribution in [0.3, 0.4) is 0 Å². The summed E-state index contributed by atoms with van der Waals surface area (Å²) >= 11 is 9.30. The van der Waals surface area contributed by atoms with Crippen molar-refractivity contribution in [1.29, 1.82) is 0 Å². The number of hydrogen-bond donors (Lipinski definition) is 2. The molecule has 0 aliphatic carbocycles. The maximum absolute atomic E-state index is 12.0. The summed E-state index contributed by atoms with van der Waals surface area (Å²) in [6.07, 6.45) is 1.44. The molecule has 0 bridgehead atoms. The first-order valence-corrected chi connectivity index (χ1v) is 7.75. The maximum Gasteiger partial charge on any atom is 0.271 e. The lowest BCUT2D eigenvalue weighted by atomic mass is 10.1. The molecule has 2 rings (SSSR count). The number of hydrogen-bond acceptors (Lipinski definition) is 4. The van der Waals surface area contributed by atoms with Crippen LogP contribution >= 0.6 is 27.5 Å². The first-order valence-electron chi connectivity index (χ1n) is 6.58. The molecule has 2 N–H and O–H groups in total. The van der Waals surface area contributed by atoms with E-state index < -0.39 is 0 Å². The number of phenolic OH excluding ortho intramolecular Hbond substituents is 1. The van der Waals surface area contributed by atoms with Crippen molar-refractivity contribution in [2.24, 2.45) is 5.10 Å². The molecule has 1 amide bonds. The van der Waals surface area contributed by atoms with E-state index in [4.69, 9.17) is 16.3 Å². The number of methoxy groups -OCH3 is 1. The Morgan fingerprint density at radius 2 is 2.13 bits per heavy atom. The van der Waals surface area contributed by atoms with Crippen molar-refractivity contribution >= 4 is 39.7 Å². The van der Waals surface area contributed by atoms with E-state index >= 15 is 0 Å². The lowest BCUT2D eigenvalue weighted by Crippen LogP contribution is -2.17. The lowest BCUT2D eigenvalue weighted by molar-refractivity contribution is 0.0955. The summed E-state index contributed by atoms with van der Waals surface area (Å²) in [6.45, 7) is 1.86. The minimum absolute atomic E-state index is 0.00913. The molecule has 0 radical (unpaired) electrons. The van der Waals surface area contributed by atoms with E-state index in [1.807, 2.05) is 6.92 Å². The minimum atomic E-state index is -0.370. The molecule has 5 nitrogen and oxygen atoms in total. The third-order valence-corrected chi connectivity index (χ3v) is 4.20. The van der Waals surface area contributed by atoms with Crippen molar-refractivity contribution in [3.05, 3.63) is 56.5 Å². The van der Waals surface area contributed by atoms with E-state index in [1.54, 1.807) is 24.3 Å². The fraction of sp³-hybridized carbons (Fsp3) is 0.125. The van der Waals surface area contributed by atoms with Gasteiger partial charge in [-0.25, -0.2) is 5.43 Å². The number of halogens is 2. The average Bonchev–Trinajstić information content (AvgIpc) is 2.52. The largest absolute Gasteiger partial charge is 0.504 e. The van der Waals surface area contributed by atoms with Crippen LogP contribution in [0.25, 0.3) is 0 Å². The van der Waals surface area contributed by atoms with Crippen LogP contribution in [0.15, 0.2) is 39.9 Å². The zero-order valence-electron chi connectivity index (χ0n) is 12.4. The predicted octanol–water partition coefficient (Wildman–Crippen LogP) is 3.89. The van der Waals surface area contributed by atoms with Gasteiger partial charge in [0.2, 0.25) is 0 Å². The van der Waals surface area contributed by atoms with Crippen LogP contribution in [0, 0.1) is 6.92 Å². The third-order valence-electron chi connectivity index (χ3n) is 3.10. The van der Waals surface area contributed by atoms with Gasteiger partial charge < -0.3 is 9.84 Å². The number of carbonyl (C=O) groups is 1. The highest BCUT2D eigenvalue weighted by Gasteiger charge is 2.08. The molecule has 0 saturated carbocycles. The second kappa shape index (κ2) is 7.48. The first kappa shape index (κ1) is 17.3. The first-order chi connectivity index (χ1) is 10.9. The van der Waals surface area contributed by atoms with Crippen molar-refractivity contribution in [2.75, 3.05) is 7.11 Å². The van der Waals surface area contributed by atoms with E-state index in [0.717, 1.165) is 5.56 Å². The Morgan fingerprint density at radius 3 is 2.78 bits per heavy atom. The Morgan fingerprint density at radius 1 is 1.39 bits per heavy atom. The molecule has 7 heteroatoms. The molecule has 0 unspecified atom stereocenters. The SMILES string of the molecule is COc1cc(/C=N\NC(=O)c2ccc(C)c(Cl)c2)c(Br)cc1O. The molecule has 0 atom stereocenters. The van der Waals surface area contributed by atoms with Gasteiger partial charge in [-0.05, 0) is 52.7 Å². The molecular formula is C16H14BrClN2O3. The fourth-order valence-electron chi connectivity index (χ4n) is 1.78. The molecule has 0 spiro atoms. The van der Waals surface area contributed by atoms with Crippen LogP contribution in [0.2, 0.25) is 5.02 Å². The Labute approximate surface area is 147 Å². The summed E-state index contributed by atoms with van der Waals surface area (Å²) < 4.78 is 5.64. The smallest absolute Gasteiger partial charge is 0.271 e. The quantitative estimate of drug-likeness (QED) is 0.607. The number of phenols is 1. The number of carbonyl (C=O) groups excluding carboxylic acids is 1. The van der Waals surface area contributed by atoms with Crippen molar-refractivity contribution in [3.8, 4) is 11.5 Å². The van der Waals surface area contributed by atoms with Gasteiger partial charge in [0.15, 0.2) is 11.5 Å². The Kier molecular flexibility index (Phi) is 5.63. The molecule has 0 aromatic heterocycles. The summed E-state index contributed by atoms with van der Waals surface area (Å²) in [5, 5.41) is 14.1. The summed E-state index contributed by atoms with van der Waals surface area (Å²) in [4.78, 5) is 12.0. The molecule has 0 fully saturated rings. The van der Waals surface area contributed by atoms with Gasteiger partial charge in [0, 0.05) is 20.6 Å². The molecule has 2 aromatic carbocycles. The normalized spacial score (nSPS) is 10.8. The molecular weight excluding hydrogens is 384 g/mol. The summed E-state index contributed by atoms with van der Waals surface area (Å²) in [5.41, 5.74) is 4.37. The van der Waals surface area contributed by atoms with E-state index in [9.17, 15) is 9.90 Å². The van der Waals surface area contributed by atoms with Gasteiger partial charge in [-0.2, -0.15) is 5.10 Å². The van der Waals surface area contributed by atoms with E-state index in [2.05, 4.69) is 26.5 Å². The highest BCUT2D eigenvalue weighted by molar-refractivity contribution is 9.10. The van der Waals surface area contributed by atoms with Gasteiger partial charge in [0.05, 0.1) is 13.3 Å². The van der Waals surface area contributed by atoms with Crippen LogP contribution in [0.5, 0.6) is 11.5 Å². The monoisotopic (exact) mass is 396 g/mol. The number of amides is 1. The molecule has 23 heavy (non-hydrogen) atoms. The number of rotatable bonds is 4. The zero-order chi connectivity index (χ0) is 17.0. The highest BCUT2D eigenvalue weighted by Crippen LogP contribution is 2.31. The number of hydrazone groups is 1. The van der Waals surface area contributed by atoms with Gasteiger partial charge in [-0.15, -0.1) is 0 Å². The predicted molar refractivity (Wildman–Crippen MR) is 93.6 cm³/mol. The third kappa shape index (κ3) is 4.24. The van der Waals surface area contributed by atoms with Crippen molar-refractivity contribution in [1.82, 2.24) is 5.43 Å². The molecule has 0 heterocycles. The Balaban J connectivity index is 2.12. The number of aryl methyl sites for hydroxylation is 1. The second-order valence-electron chi connectivity index (χ2n) is 4.71. The number of benzene rings is 2.